The van der Waals surface area contributed by atoms with E-state index < -0.39 is 17.2 Å². The summed E-state index contributed by atoms with van der Waals surface area (Å²) >= 11 is 0. The number of amides is 1. The predicted octanol–water partition coefficient (Wildman–Crippen LogP) is 5.29. The molecule has 4 fully saturated rings. The Hall–Kier alpha value is -0.890. The van der Waals surface area contributed by atoms with Crippen molar-refractivity contribution in [3.05, 3.63) is 0 Å². The highest BCUT2D eigenvalue weighted by Crippen LogP contribution is 2.57. The Bertz CT molecular complexity index is 668. The fraction of sp³-hybridized carbons (Fsp3) is 0.962. The smallest absolute Gasteiger partial charge is 0.407 e. The van der Waals surface area contributed by atoms with Gasteiger partial charge in [0.2, 0.25) is 11.6 Å². The lowest BCUT2D eigenvalue weighted by atomic mass is 9.62. The van der Waals surface area contributed by atoms with Crippen LogP contribution in [0.5, 0.6) is 0 Å². The van der Waals surface area contributed by atoms with Gasteiger partial charge in [-0.2, -0.15) is 9.78 Å². The summed E-state index contributed by atoms with van der Waals surface area (Å²) in [6.45, 7) is 11.9. The quantitative estimate of drug-likeness (QED) is 0.409. The molecule has 0 aromatic carbocycles. The lowest BCUT2D eigenvalue weighted by Gasteiger charge is -2.50. The summed E-state index contributed by atoms with van der Waals surface area (Å²) in [6, 6.07) is 0.487. The number of fused-ring (bicyclic) bond motifs is 3. The molecule has 3 saturated carbocycles. The SMILES string of the molecule is CC1CC2CC(C)C3(OOC4(CCC(NCCCCNC(=O)OC(C)(C)C)CC4)O3)C(C1)C2. The molecule has 4 aliphatic rings. The van der Waals surface area contributed by atoms with Crippen LogP contribution in [0.1, 0.15) is 98.8 Å². The molecule has 33 heavy (non-hydrogen) atoms. The second-order valence-corrected chi connectivity index (χ2v) is 12.3. The van der Waals surface area contributed by atoms with E-state index in [1.54, 1.807) is 0 Å². The van der Waals surface area contributed by atoms with E-state index in [9.17, 15) is 4.79 Å². The van der Waals surface area contributed by atoms with E-state index in [1.807, 2.05) is 20.8 Å². The van der Waals surface area contributed by atoms with E-state index in [-0.39, 0.29) is 6.09 Å². The third-order valence-electron chi connectivity index (χ3n) is 8.10. The van der Waals surface area contributed by atoms with Gasteiger partial charge in [-0.25, -0.2) is 4.79 Å². The number of carbonyl (C=O) groups excluding carboxylic acids is 1. The zero-order valence-corrected chi connectivity index (χ0v) is 21.4. The largest absolute Gasteiger partial charge is 0.444 e. The van der Waals surface area contributed by atoms with E-state index in [0.29, 0.717) is 24.4 Å². The van der Waals surface area contributed by atoms with E-state index in [0.717, 1.165) is 56.9 Å². The highest BCUT2D eigenvalue weighted by atomic mass is 17.3. The molecule has 1 aliphatic heterocycles. The average Bonchev–Trinajstić information content (AvgIpc) is 3.10. The molecule has 4 rings (SSSR count). The van der Waals surface area contributed by atoms with E-state index in [1.165, 1.54) is 25.7 Å². The highest BCUT2D eigenvalue weighted by Gasteiger charge is 2.62. The summed E-state index contributed by atoms with van der Waals surface area (Å²) in [5.74, 6) is 1.32. The minimum Gasteiger partial charge on any atom is -0.444 e. The maximum Gasteiger partial charge on any atom is 0.407 e. The Labute approximate surface area is 199 Å². The summed E-state index contributed by atoms with van der Waals surface area (Å²) in [5, 5.41) is 6.50. The van der Waals surface area contributed by atoms with Gasteiger partial charge in [-0.3, -0.25) is 0 Å². The van der Waals surface area contributed by atoms with Crippen LogP contribution in [0.3, 0.4) is 0 Å². The Kier molecular flexibility index (Phi) is 7.64. The minimum atomic E-state index is -0.558. The maximum atomic E-state index is 11.7. The first kappa shape index (κ1) is 25.2. The molecule has 1 saturated heterocycles. The van der Waals surface area contributed by atoms with Crippen LogP contribution in [0.25, 0.3) is 0 Å². The molecule has 190 valence electrons. The van der Waals surface area contributed by atoms with Crippen LogP contribution in [-0.4, -0.2) is 42.4 Å². The molecule has 0 radical (unpaired) electrons. The lowest BCUT2D eigenvalue weighted by Crippen LogP contribution is -2.54. The number of alkyl carbamates (subject to hydrolysis) is 1. The molecule has 1 amide bonds. The summed E-state index contributed by atoms with van der Waals surface area (Å²) < 4.78 is 12.1. The standard InChI is InChI=1S/C26H46N2O5/c1-18-14-20-16-19(2)26(21(15-18)17-20)31-25(32-33-26)10-8-22(9-11-25)27-12-6-7-13-28-23(29)30-24(3,4)5/h18-22,27H,6-17H2,1-5H3,(H,28,29). The van der Waals surface area contributed by atoms with Crippen molar-refractivity contribution in [3.63, 3.8) is 0 Å². The molecule has 5 unspecified atom stereocenters. The number of nitrogens with one attached hydrogen (secondary N) is 2. The first-order valence-corrected chi connectivity index (χ1v) is 13.4. The van der Waals surface area contributed by atoms with Gasteiger partial charge in [0.15, 0.2) is 0 Å². The van der Waals surface area contributed by atoms with Crippen LogP contribution in [0.15, 0.2) is 0 Å². The van der Waals surface area contributed by atoms with Crippen LogP contribution in [0.4, 0.5) is 4.79 Å². The molecule has 3 aliphatic carbocycles. The molecule has 5 atom stereocenters. The number of unbranched alkanes of at least 4 members (excludes halogenated alkanes) is 1. The van der Waals surface area contributed by atoms with Crippen LogP contribution in [0.2, 0.25) is 0 Å². The van der Waals surface area contributed by atoms with Crippen molar-refractivity contribution in [2.75, 3.05) is 13.1 Å². The Balaban J connectivity index is 1.15. The molecule has 2 bridgehead atoms. The van der Waals surface area contributed by atoms with Gasteiger partial charge in [0.05, 0.1) is 0 Å². The monoisotopic (exact) mass is 466 g/mol. The Morgan fingerprint density at radius 1 is 1.00 bits per heavy atom. The van der Waals surface area contributed by atoms with Gasteiger partial charge in [-0.1, -0.05) is 13.8 Å². The number of hydrogen-bond acceptors (Lipinski definition) is 6. The zero-order chi connectivity index (χ0) is 23.7. The molecule has 0 aromatic heterocycles. The summed E-state index contributed by atoms with van der Waals surface area (Å²) in [6.07, 6.45) is 10.4. The van der Waals surface area contributed by atoms with E-state index in [2.05, 4.69) is 24.5 Å². The van der Waals surface area contributed by atoms with Crippen LogP contribution in [-0.2, 0) is 19.2 Å². The first-order valence-electron chi connectivity index (χ1n) is 13.4. The Morgan fingerprint density at radius 3 is 2.45 bits per heavy atom. The van der Waals surface area contributed by atoms with Crippen LogP contribution >= 0.6 is 0 Å². The van der Waals surface area contributed by atoms with Crippen molar-refractivity contribution >= 4 is 6.09 Å². The number of ether oxygens (including phenoxy) is 2. The van der Waals surface area contributed by atoms with Gasteiger partial charge in [-0.15, -0.1) is 0 Å². The van der Waals surface area contributed by atoms with Gasteiger partial charge >= 0.3 is 6.09 Å². The fourth-order valence-corrected chi connectivity index (χ4v) is 6.64. The third kappa shape index (κ3) is 6.03. The zero-order valence-electron chi connectivity index (χ0n) is 21.4. The molecule has 1 heterocycles. The third-order valence-corrected chi connectivity index (χ3v) is 8.10. The van der Waals surface area contributed by atoms with Crippen molar-refractivity contribution in [2.24, 2.45) is 23.7 Å². The average molecular weight is 467 g/mol. The predicted molar refractivity (Wildman–Crippen MR) is 126 cm³/mol. The highest BCUT2D eigenvalue weighted by molar-refractivity contribution is 5.67. The second kappa shape index (κ2) is 10.00. The molecular weight excluding hydrogens is 420 g/mol. The number of hydrogen-bond donors (Lipinski definition) is 2. The van der Waals surface area contributed by atoms with Crippen molar-refractivity contribution in [3.8, 4) is 0 Å². The molecule has 0 aromatic rings. The summed E-state index contributed by atoms with van der Waals surface area (Å²) in [7, 11) is 0. The molecule has 7 heteroatoms. The molecule has 7 nitrogen and oxygen atoms in total. The van der Waals surface area contributed by atoms with Gasteiger partial charge in [-0.05, 0) is 90.5 Å². The van der Waals surface area contributed by atoms with Gasteiger partial charge < -0.3 is 20.1 Å². The van der Waals surface area contributed by atoms with Crippen molar-refractivity contribution in [1.29, 1.82) is 0 Å². The second-order valence-electron chi connectivity index (χ2n) is 12.3. The topological polar surface area (TPSA) is 78.1 Å². The number of carbonyl (C=O) groups is 1. The van der Waals surface area contributed by atoms with E-state index >= 15 is 0 Å². The van der Waals surface area contributed by atoms with Gasteiger partial charge in [0.25, 0.3) is 0 Å². The summed E-state index contributed by atoms with van der Waals surface area (Å²) in [5.41, 5.74) is -0.451. The molecule has 2 spiro atoms. The van der Waals surface area contributed by atoms with Gasteiger partial charge in [0.1, 0.15) is 5.60 Å². The number of rotatable bonds is 6. The van der Waals surface area contributed by atoms with Crippen LogP contribution < -0.4 is 10.6 Å². The normalized spacial score (nSPS) is 40.8. The van der Waals surface area contributed by atoms with E-state index in [4.69, 9.17) is 19.2 Å². The van der Waals surface area contributed by atoms with Gasteiger partial charge in [0, 0.05) is 37.3 Å². The fourth-order valence-electron chi connectivity index (χ4n) is 6.64. The molecule has 2 N–H and O–H groups in total. The Morgan fingerprint density at radius 2 is 1.73 bits per heavy atom. The maximum absolute atomic E-state index is 11.7. The lowest BCUT2D eigenvalue weighted by molar-refractivity contribution is -0.380. The van der Waals surface area contributed by atoms with Crippen LogP contribution in [0, 0.1) is 23.7 Å². The summed E-state index contributed by atoms with van der Waals surface area (Å²) in [4.78, 5) is 23.9. The first-order chi connectivity index (χ1) is 15.6. The molecular formula is C26H46N2O5. The van der Waals surface area contributed by atoms with Crippen molar-refractivity contribution in [1.82, 2.24) is 10.6 Å². The van der Waals surface area contributed by atoms with Crippen molar-refractivity contribution < 1.29 is 24.0 Å². The van der Waals surface area contributed by atoms with Crippen molar-refractivity contribution in [2.45, 2.75) is 122 Å². The minimum absolute atomic E-state index is 0.338.